The van der Waals surface area contributed by atoms with E-state index in [1.54, 1.807) is 5.56 Å². The molecule has 1 N–H and O–H groups in total. The summed E-state index contributed by atoms with van der Waals surface area (Å²) < 4.78 is 0. The summed E-state index contributed by atoms with van der Waals surface area (Å²) in [4.78, 5) is 0. The van der Waals surface area contributed by atoms with Crippen LogP contribution in [0.3, 0.4) is 0 Å². The molecule has 1 aromatic rings. The molecule has 0 aromatic heterocycles. The first-order chi connectivity index (χ1) is 10.1. The van der Waals surface area contributed by atoms with Crippen LogP contribution < -0.4 is 5.32 Å². The molecule has 3 saturated carbocycles. The number of rotatable bonds is 4. The first-order valence-electron chi connectivity index (χ1n) is 8.92. The molecule has 0 unspecified atom stereocenters. The first kappa shape index (κ1) is 13.8. The van der Waals surface area contributed by atoms with Crippen molar-refractivity contribution in [1.82, 2.24) is 5.32 Å². The van der Waals surface area contributed by atoms with Gasteiger partial charge >= 0.3 is 0 Å². The predicted molar refractivity (Wildman–Crippen MR) is 88.8 cm³/mol. The number of hydrogen-bond acceptors (Lipinski definition) is 1. The van der Waals surface area contributed by atoms with Crippen molar-refractivity contribution >= 4 is 0 Å². The van der Waals surface area contributed by atoms with E-state index in [1.165, 1.54) is 69.0 Å². The summed E-state index contributed by atoms with van der Waals surface area (Å²) in [7, 11) is 0. The van der Waals surface area contributed by atoms with Crippen LogP contribution in [0.1, 0.15) is 68.1 Å². The van der Waals surface area contributed by atoms with Crippen LogP contribution in [-0.4, -0.2) is 12.6 Å². The van der Waals surface area contributed by atoms with Gasteiger partial charge in [-0.15, -0.1) is 0 Å². The Labute approximate surface area is 129 Å². The highest BCUT2D eigenvalue weighted by Gasteiger charge is 2.55. The summed E-state index contributed by atoms with van der Waals surface area (Å²) in [6.07, 6.45) is 11.6. The van der Waals surface area contributed by atoms with Crippen molar-refractivity contribution in [2.45, 2.75) is 76.7 Å². The highest BCUT2D eigenvalue weighted by molar-refractivity contribution is 5.38. The van der Waals surface area contributed by atoms with E-state index in [2.05, 4.69) is 37.4 Å². The third-order valence-electron chi connectivity index (χ3n) is 6.52. The van der Waals surface area contributed by atoms with Gasteiger partial charge in [0.25, 0.3) is 0 Å². The standard InChI is InChI=1S/C20H29N/c1-15-5-6-17(11-16(15)2)20(14-21-18-7-8-18)12-19(13-20)9-3-4-10-19/h5-6,11,18,21H,3-4,7-10,12-14H2,1-2H3. The van der Waals surface area contributed by atoms with Gasteiger partial charge in [0.1, 0.15) is 0 Å². The molecule has 3 fully saturated rings. The Balaban J connectivity index is 1.58. The minimum absolute atomic E-state index is 0.436. The average Bonchev–Trinajstić information content (AvgIpc) is 3.14. The van der Waals surface area contributed by atoms with Crippen molar-refractivity contribution in [3.63, 3.8) is 0 Å². The Bertz CT molecular complexity index is 527. The molecule has 3 aliphatic carbocycles. The van der Waals surface area contributed by atoms with Gasteiger partial charge in [-0.1, -0.05) is 31.0 Å². The van der Waals surface area contributed by atoms with Crippen LogP contribution in [0.2, 0.25) is 0 Å². The van der Waals surface area contributed by atoms with Crippen LogP contribution in [0.4, 0.5) is 0 Å². The fourth-order valence-electron chi connectivity index (χ4n) is 4.99. The molecule has 1 aromatic carbocycles. The van der Waals surface area contributed by atoms with Crippen molar-refractivity contribution in [2.75, 3.05) is 6.54 Å². The van der Waals surface area contributed by atoms with Crippen LogP contribution in [0.15, 0.2) is 18.2 Å². The molecule has 0 saturated heterocycles. The van der Waals surface area contributed by atoms with Crippen molar-refractivity contribution in [1.29, 1.82) is 0 Å². The van der Waals surface area contributed by atoms with E-state index >= 15 is 0 Å². The van der Waals surface area contributed by atoms with Crippen molar-refractivity contribution in [3.05, 3.63) is 34.9 Å². The van der Waals surface area contributed by atoms with Gasteiger partial charge in [0.05, 0.1) is 0 Å². The maximum Gasteiger partial charge on any atom is 0.00885 e. The third-order valence-corrected chi connectivity index (χ3v) is 6.52. The smallest absolute Gasteiger partial charge is 0.00885 e. The van der Waals surface area contributed by atoms with Gasteiger partial charge in [-0.25, -0.2) is 0 Å². The maximum absolute atomic E-state index is 3.84. The van der Waals surface area contributed by atoms with Crippen molar-refractivity contribution < 1.29 is 0 Å². The number of aryl methyl sites for hydroxylation is 2. The summed E-state index contributed by atoms with van der Waals surface area (Å²) in [5.74, 6) is 0. The summed E-state index contributed by atoms with van der Waals surface area (Å²) >= 11 is 0. The highest BCUT2D eigenvalue weighted by atomic mass is 15.0. The Morgan fingerprint density at radius 1 is 1.05 bits per heavy atom. The molecule has 1 nitrogen and oxygen atoms in total. The Kier molecular flexibility index (Phi) is 3.19. The van der Waals surface area contributed by atoms with Crippen LogP contribution >= 0.6 is 0 Å². The molecular weight excluding hydrogens is 254 g/mol. The van der Waals surface area contributed by atoms with Crippen LogP contribution in [0.25, 0.3) is 0 Å². The number of hydrogen-bond donors (Lipinski definition) is 1. The fourth-order valence-corrected chi connectivity index (χ4v) is 4.99. The summed E-state index contributed by atoms with van der Waals surface area (Å²) in [5.41, 5.74) is 5.65. The molecule has 1 heteroatoms. The van der Waals surface area contributed by atoms with E-state index in [0.717, 1.165) is 6.04 Å². The molecule has 0 bridgehead atoms. The first-order valence-corrected chi connectivity index (χ1v) is 8.92. The van der Waals surface area contributed by atoms with Crippen LogP contribution in [-0.2, 0) is 5.41 Å². The van der Waals surface area contributed by atoms with E-state index in [4.69, 9.17) is 0 Å². The second kappa shape index (κ2) is 4.84. The van der Waals surface area contributed by atoms with E-state index in [9.17, 15) is 0 Å². The van der Waals surface area contributed by atoms with Gasteiger partial charge in [-0.2, -0.15) is 0 Å². The lowest BCUT2D eigenvalue weighted by molar-refractivity contribution is 0.0267. The lowest BCUT2D eigenvalue weighted by Gasteiger charge is -2.56. The summed E-state index contributed by atoms with van der Waals surface area (Å²) in [5, 5.41) is 3.84. The van der Waals surface area contributed by atoms with Crippen LogP contribution in [0, 0.1) is 19.3 Å². The molecule has 0 atom stereocenters. The minimum Gasteiger partial charge on any atom is -0.313 e. The number of benzene rings is 1. The summed E-state index contributed by atoms with van der Waals surface area (Å²) in [6.45, 7) is 5.71. The minimum atomic E-state index is 0.436. The van der Waals surface area contributed by atoms with E-state index in [1.807, 2.05) is 0 Å². The van der Waals surface area contributed by atoms with Crippen molar-refractivity contribution in [2.24, 2.45) is 5.41 Å². The molecular formula is C20H29N. The van der Waals surface area contributed by atoms with E-state index < -0.39 is 0 Å². The molecule has 0 amide bonds. The maximum atomic E-state index is 3.84. The van der Waals surface area contributed by atoms with Gasteiger partial charge in [-0.05, 0) is 74.5 Å². The molecule has 4 rings (SSSR count). The average molecular weight is 283 g/mol. The van der Waals surface area contributed by atoms with E-state index in [-0.39, 0.29) is 0 Å². The zero-order chi connectivity index (χ0) is 14.5. The lowest BCUT2D eigenvalue weighted by Crippen LogP contribution is -2.54. The van der Waals surface area contributed by atoms with Gasteiger partial charge in [0.15, 0.2) is 0 Å². The third kappa shape index (κ3) is 2.44. The molecule has 1 spiro atoms. The molecule has 114 valence electrons. The Hall–Kier alpha value is -0.820. The predicted octanol–water partition coefficient (Wildman–Crippen LogP) is 4.65. The zero-order valence-electron chi connectivity index (χ0n) is 13.7. The quantitative estimate of drug-likeness (QED) is 0.848. The Morgan fingerprint density at radius 3 is 2.38 bits per heavy atom. The summed E-state index contributed by atoms with van der Waals surface area (Å²) in [6, 6.07) is 8.06. The van der Waals surface area contributed by atoms with E-state index in [0.29, 0.717) is 10.8 Å². The van der Waals surface area contributed by atoms with Crippen molar-refractivity contribution in [3.8, 4) is 0 Å². The Morgan fingerprint density at radius 2 is 1.76 bits per heavy atom. The second-order valence-electron chi connectivity index (χ2n) is 8.30. The monoisotopic (exact) mass is 283 g/mol. The van der Waals surface area contributed by atoms with Crippen LogP contribution in [0.5, 0.6) is 0 Å². The topological polar surface area (TPSA) is 12.0 Å². The van der Waals surface area contributed by atoms with Gasteiger partial charge in [-0.3, -0.25) is 0 Å². The molecule has 0 radical (unpaired) electrons. The normalized spacial score (nSPS) is 26.0. The molecule has 0 aliphatic heterocycles. The SMILES string of the molecule is Cc1ccc(C2(CNC3CC3)CC3(CCCC3)C2)cc1C. The van der Waals surface area contributed by atoms with Gasteiger partial charge in [0, 0.05) is 18.0 Å². The fraction of sp³-hybridized carbons (Fsp3) is 0.700. The zero-order valence-corrected chi connectivity index (χ0v) is 13.7. The van der Waals surface area contributed by atoms with Gasteiger partial charge < -0.3 is 5.32 Å². The largest absolute Gasteiger partial charge is 0.313 e. The highest BCUT2D eigenvalue weighted by Crippen LogP contribution is 2.62. The second-order valence-corrected chi connectivity index (χ2v) is 8.30. The molecule has 21 heavy (non-hydrogen) atoms. The number of nitrogens with one attached hydrogen (secondary N) is 1. The molecule has 0 heterocycles. The van der Waals surface area contributed by atoms with Gasteiger partial charge in [0.2, 0.25) is 0 Å². The molecule has 3 aliphatic rings. The lowest BCUT2D eigenvalue weighted by atomic mass is 9.49.